The molecule has 1 fully saturated rings. The van der Waals surface area contributed by atoms with Crippen LogP contribution in [0.15, 0.2) is 53.7 Å². The van der Waals surface area contributed by atoms with Crippen molar-refractivity contribution in [2.75, 3.05) is 13.2 Å². The van der Waals surface area contributed by atoms with Crippen LogP contribution >= 0.6 is 12.4 Å². The Balaban J connectivity index is 0.00000507. The Morgan fingerprint density at radius 3 is 2.29 bits per heavy atom. The third-order valence-corrected chi connectivity index (χ3v) is 8.54. The highest BCUT2D eigenvalue weighted by molar-refractivity contribution is 7.89. The minimum atomic E-state index is -4.12. The fraction of sp³-hybridized carbons (Fsp3) is 0.556. The van der Waals surface area contributed by atoms with Crippen LogP contribution in [-0.4, -0.2) is 54.2 Å². The molecule has 1 aromatic heterocycles. The smallest absolute Gasteiger partial charge is 0.262 e. The van der Waals surface area contributed by atoms with E-state index >= 15 is 0 Å². The van der Waals surface area contributed by atoms with E-state index in [1.165, 1.54) is 16.4 Å². The van der Waals surface area contributed by atoms with E-state index in [2.05, 4.69) is 18.8 Å². The van der Waals surface area contributed by atoms with Gasteiger partial charge in [-0.2, -0.15) is 4.31 Å². The van der Waals surface area contributed by atoms with Crippen LogP contribution < -0.4 is 10.2 Å². The average Bonchev–Trinajstić information content (AvgIpc) is 2.93. The number of carbonyl (C=O) groups excluding carboxylic acids is 1. The number of hydrogen-bond acceptors (Lipinski definition) is 7. The van der Waals surface area contributed by atoms with Gasteiger partial charge in [-0.15, -0.1) is 12.4 Å². The number of nitrogens with one attached hydrogen (secondary N) is 1. The summed E-state index contributed by atoms with van der Waals surface area (Å²) in [5.41, 5.74) is 2.42. The molecule has 11 heteroatoms. The highest BCUT2D eigenvalue weighted by Crippen LogP contribution is 2.34. The number of hydroxylamine groups is 1. The van der Waals surface area contributed by atoms with E-state index in [1.807, 2.05) is 0 Å². The van der Waals surface area contributed by atoms with Gasteiger partial charge in [-0.3, -0.25) is 15.0 Å². The number of unbranched alkanes of at least 4 members (excludes halogenated alkanes) is 1. The zero-order chi connectivity index (χ0) is 26.7. The van der Waals surface area contributed by atoms with E-state index in [-0.39, 0.29) is 35.9 Å². The Labute approximate surface area is 232 Å². The van der Waals surface area contributed by atoms with Gasteiger partial charge in [0.2, 0.25) is 10.0 Å². The number of aromatic nitrogens is 1. The summed E-state index contributed by atoms with van der Waals surface area (Å²) < 4.78 is 40.8. The second-order valence-electron chi connectivity index (χ2n) is 9.41. The minimum absolute atomic E-state index is 0. The van der Waals surface area contributed by atoms with Crippen LogP contribution in [0.5, 0.6) is 5.75 Å². The highest BCUT2D eigenvalue weighted by Gasteiger charge is 2.42. The Hall–Kier alpha value is -2.24. The van der Waals surface area contributed by atoms with Gasteiger partial charge in [-0.05, 0) is 86.4 Å². The van der Waals surface area contributed by atoms with E-state index in [1.54, 1.807) is 42.1 Å². The van der Waals surface area contributed by atoms with Crippen molar-refractivity contribution in [1.82, 2.24) is 14.8 Å². The van der Waals surface area contributed by atoms with Crippen molar-refractivity contribution < 1.29 is 27.9 Å². The van der Waals surface area contributed by atoms with Gasteiger partial charge in [0, 0.05) is 25.5 Å². The van der Waals surface area contributed by atoms with E-state index in [0.29, 0.717) is 37.4 Å². The molecule has 1 atom stereocenters. The monoisotopic (exact) mass is 569 g/mol. The summed E-state index contributed by atoms with van der Waals surface area (Å²) in [6, 6.07) is 8.61. The fourth-order valence-corrected chi connectivity index (χ4v) is 6.32. The first kappa shape index (κ1) is 32.0. The highest BCUT2D eigenvalue weighted by atomic mass is 35.5. The van der Waals surface area contributed by atoms with Gasteiger partial charge >= 0.3 is 0 Å². The molecule has 0 bridgehead atoms. The molecule has 2 N–H and O–H groups in total. The molecule has 1 aliphatic carbocycles. The molecule has 38 heavy (non-hydrogen) atoms. The molecule has 1 saturated carbocycles. The fourth-order valence-electron chi connectivity index (χ4n) is 4.68. The second-order valence-corrected chi connectivity index (χ2v) is 11.3. The summed E-state index contributed by atoms with van der Waals surface area (Å²) >= 11 is 0. The van der Waals surface area contributed by atoms with Crippen molar-refractivity contribution in [3.05, 3.63) is 54.4 Å². The van der Waals surface area contributed by atoms with Gasteiger partial charge in [0.25, 0.3) is 5.91 Å². The molecule has 3 rings (SSSR count). The number of benzene rings is 1. The van der Waals surface area contributed by atoms with Gasteiger partial charge in [0.15, 0.2) is 0 Å². The van der Waals surface area contributed by atoms with Crippen LogP contribution in [0, 0.1) is 5.92 Å². The summed E-state index contributed by atoms with van der Waals surface area (Å²) in [6.07, 6.45) is 8.77. The van der Waals surface area contributed by atoms with Crippen molar-refractivity contribution in [2.24, 2.45) is 5.92 Å². The number of nitrogens with zero attached hydrogens (tertiary/aromatic N) is 2. The molecule has 9 nitrogen and oxygen atoms in total. The summed E-state index contributed by atoms with van der Waals surface area (Å²) in [5.74, 6) is -0.430. The summed E-state index contributed by atoms with van der Waals surface area (Å²) in [5, 5.41) is 9.62. The number of amides is 1. The molecule has 1 amide bonds. The number of carbonyl (C=O) groups is 1. The van der Waals surface area contributed by atoms with E-state index < -0.39 is 22.0 Å². The molecular weight excluding hydrogens is 530 g/mol. The van der Waals surface area contributed by atoms with Crippen molar-refractivity contribution in [3.8, 4) is 5.75 Å². The lowest BCUT2D eigenvalue weighted by Crippen LogP contribution is -2.53. The molecule has 0 unspecified atom stereocenters. The van der Waals surface area contributed by atoms with Crippen molar-refractivity contribution in [1.29, 1.82) is 0 Å². The third-order valence-electron chi connectivity index (χ3n) is 6.70. The largest absolute Gasteiger partial charge is 0.494 e. The first-order valence-corrected chi connectivity index (χ1v) is 14.5. The van der Waals surface area contributed by atoms with Gasteiger partial charge in [-0.25, -0.2) is 13.9 Å². The predicted octanol–water partition coefficient (Wildman–Crippen LogP) is 4.73. The number of rotatable bonds is 14. The maximum absolute atomic E-state index is 14.0. The maximum atomic E-state index is 14.0. The first-order chi connectivity index (χ1) is 17.9. The third kappa shape index (κ3) is 8.64. The lowest BCUT2D eigenvalue weighted by atomic mass is 9.82. The van der Waals surface area contributed by atoms with Gasteiger partial charge in [0.1, 0.15) is 11.8 Å². The molecule has 1 heterocycles. The quantitative estimate of drug-likeness (QED) is 0.192. The molecular formula is C27H40ClN3O6S. The maximum Gasteiger partial charge on any atom is 0.262 e. The number of halogens is 1. The van der Waals surface area contributed by atoms with E-state index in [9.17, 15) is 18.4 Å². The standard InChI is InChI=1S/C27H39N3O6S.ClH/c1-3-5-19-36-24-10-12-25(13-11-24)37(33,34)30(20-21-14-16-28-17-15-21)26(27(31)29-32)22-6-8-23(9-7-22)35-18-4-2;/h10-17,22-23,26,32H,3-9,18-20H2,1-2H3,(H,29,31);1H/t22-,23-,26-;/m1./s1. The molecule has 0 spiro atoms. The van der Waals surface area contributed by atoms with E-state index in [0.717, 1.165) is 32.1 Å². The molecule has 0 aliphatic heterocycles. The summed E-state index contributed by atoms with van der Waals surface area (Å²) in [4.78, 5) is 17.1. The molecule has 1 aliphatic rings. The average molecular weight is 570 g/mol. The number of pyridine rings is 1. The summed E-state index contributed by atoms with van der Waals surface area (Å²) in [6.45, 7) is 5.32. The molecule has 212 valence electrons. The van der Waals surface area contributed by atoms with Crippen LogP contribution in [0.3, 0.4) is 0 Å². The first-order valence-electron chi connectivity index (χ1n) is 13.1. The topological polar surface area (TPSA) is 118 Å². The van der Waals surface area contributed by atoms with Gasteiger partial charge < -0.3 is 9.47 Å². The second kappa shape index (κ2) is 16.0. The Bertz CT molecular complexity index is 1060. The SMILES string of the molecule is CCCCOc1ccc(S(=O)(=O)N(Cc2ccncc2)[C@@H](C(=O)NO)[C@H]2CC[C@H](OCCC)CC2)cc1.Cl. The Morgan fingerprint density at radius 2 is 1.71 bits per heavy atom. The van der Waals surface area contributed by atoms with Gasteiger partial charge in [0.05, 0.1) is 17.6 Å². The number of hydrogen-bond donors (Lipinski definition) is 2. The van der Waals surface area contributed by atoms with Crippen molar-refractivity contribution >= 4 is 28.3 Å². The predicted molar refractivity (Wildman–Crippen MR) is 147 cm³/mol. The van der Waals surface area contributed by atoms with Crippen molar-refractivity contribution in [2.45, 2.75) is 82.4 Å². The van der Waals surface area contributed by atoms with Crippen molar-refractivity contribution in [3.63, 3.8) is 0 Å². The lowest BCUT2D eigenvalue weighted by Gasteiger charge is -2.38. The summed E-state index contributed by atoms with van der Waals surface area (Å²) in [7, 11) is -4.12. The molecule has 2 aromatic rings. The van der Waals surface area contributed by atoms with Crippen LogP contribution in [0.1, 0.15) is 64.4 Å². The van der Waals surface area contributed by atoms with Crippen LogP contribution in [-0.2, 0) is 26.1 Å². The zero-order valence-electron chi connectivity index (χ0n) is 22.1. The number of ether oxygens (including phenoxy) is 2. The molecule has 1 aromatic carbocycles. The van der Waals surface area contributed by atoms with Gasteiger partial charge in [-0.1, -0.05) is 20.3 Å². The number of sulfonamides is 1. The Kier molecular flexibility index (Phi) is 13.5. The lowest BCUT2D eigenvalue weighted by molar-refractivity contribution is -0.136. The zero-order valence-corrected chi connectivity index (χ0v) is 23.8. The molecule has 0 saturated heterocycles. The Morgan fingerprint density at radius 1 is 1.05 bits per heavy atom. The van der Waals surface area contributed by atoms with E-state index in [4.69, 9.17) is 9.47 Å². The van der Waals surface area contributed by atoms with Crippen LogP contribution in [0.25, 0.3) is 0 Å². The van der Waals surface area contributed by atoms with Crippen LogP contribution in [0.4, 0.5) is 0 Å². The normalized spacial score (nSPS) is 18.4. The molecule has 0 radical (unpaired) electrons. The van der Waals surface area contributed by atoms with Crippen LogP contribution in [0.2, 0.25) is 0 Å². The minimum Gasteiger partial charge on any atom is -0.494 e.